The molecule has 8 heteroatoms. The Bertz CT molecular complexity index is 1060. The standard InChI is InChI=1S/C28H38ClN5O2/c1-27(2,19-35)34-21-8-6-20(7-9-21)14-22-15-23(24(29)16-31-22)25-4-3-5-26(33-25)32-18-28(17-30)10-12-36-13-11-28/h3-5,15-16,20-21,34-35H,6-14,18-19H2,1-2H3,(H,32,33). The van der Waals surface area contributed by atoms with Gasteiger partial charge in [-0.2, -0.15) is 5.26 Å². The maximum absolute atomic E-state index is 9.73. The summed E-state index contributed by atoms with van der Waals surface area (Å²) >= 11 is 6.56. The summed E-state index contributed by atoms with van der Waals surface area (Å²) in [5.74, 6) is 1.32. The Kier molecular flexibility index (Phi) is 8.84. The maximum atomic E-state index is 9.73. The molecule has 0 atom stereocenters. The molecule has 0 aromatic carbocycles. The lowest BCUT2D eigenvalue weighted by Crippen LogP contribution is -2.49. The van der Waals surface area contributed by atoms with Crippen LogP contribution in [0.2, 0.25) is 5.02 Å². The van der Waals surface area contributed by atoms with E-state index in [1.54, 1.807) is 6.20 Å². The Morgan fingerprint density at radius 3 is 2.67 bits per heavy atom. The fourth-order valence-corrected chi connectivity index (χ4v) is 5.43. The molecule has 2 aromatic heterocycles. The van der Waals surface area contributed by atoms with Crippen LogP contribution in [0.15, 0.2) is 30.5 Å². The number of rotatable bonds is 9. The third-order valence-electron chi connectivity index (χ3n) is 7.57. The number of ether oxygens (including phenoxy) is 1. The Balaban J connectivity index is 1.39. The molecule has 1 aliphatic carbocycles. The van der Waals surface area contributed by atoms with E-state index in [4.69, 9.17) is 21.3 Å². The van der Waals surface area contributed by atoms with Crippen molar-refractivity contribution in [2.45, 2.75) is 70.4 Å². The molecule has 7 nitrogen and oxygen atoms in total. The van der Waals surface area contributed by atoms with Crippen LogP contribution >= 0.6 is 11.6 Å². The number of hydrogen-bond donors (Lipinski definition) is 3. The van der Waals surface area contributed by atoms with Crippen LogP contribution in [0.5, 0.6) is 0 Å². The van der Waals surface area contributed by atoms with Crippen molar-refractivity contribution < 1.29 is 9.84 Å². The monoisotopic (exact) mass is 511 g/mol. The molecule has 0 radical (unpaired) electrons. The fourth-order valence-electron chi connectivity index (χ4n) is 5.23. The van der Waals surface area contributed by atoms with Crippen LogP contribution in [0.25, 0.3) is 11.3 Å². The third-order valence-corrected chi connectivity index (χ3v) is 7.87. The van der Waals surface area contributed by atoms with E-state index >= 15 is 0 Å². The highest BCUT2D eigenvalue weighted by molar-refractivity contribution is 6.33. The van der Waals surface area contributed by atoms with E-state index in [0.717, 1.165) is 67.7 Å². The summed E-state index contributed by atoms with van der Waals surface area (Å²) in [6.07, 6.45) is 8.62. The van der Waals surface area contributed by atoms with Gasteiger partial charge < -0.3 is 20.5 Å². The zero-order valence-electron chi connectivity index (χ0n) is 21.4. The largest absolute Gasteiger partial charge is 0.394 e. The maximum Gasteiger partial charge on any atom is 0.126 e. The zero-order valence-corrected chi connectivity index (χ0v) is 22.2. The van der Waals surface area contributed by atoms with Gasteiger partial charge in [0.1, 0.15) is 5.82 Å². The Morgan fingerprint density at radius 1 is 1.22 bits per heavy atom. The fraction of sp³-hybridized carbons (Fsp3) is 0.607. The van der Waals surface area contributed by atoms with Gasteiger partial charge in [-0.1, -0.05) is 17.7 Å². The first-order valence-electron chi connectivity index (χ1n) is 13.0. The van der Waals surface area contributed by atoms with Gasteiger partial charge in [0.25, 0.3) is 0 Å². The minimum absolute atomic E-state index is 0.142. The molecule has 194 valence electrons. The summed E-state index contributed by atoms with van der Waals surface area (Å²) in [4.78, 5) is 9.42. The minimum atomic E-state index is -0.417. The Labute approximate surface area is 219 Å². The van der Waals surface area contributed by atoms with Gasteiger partial charge in [-0.05, 0) is 82.9 Å². The average molecular weight is 512 g/mol. The van der Waals surface area contributed by atoms with Crippen LogP contribution in [0.1, 0.15) is 58.1 Å². The number of halogens is 1. The molecule has 0 bridgehead atoms. The molecule has 1 saturated heterocycles. The van der Waals surface area contributed by atoms with E-state index in [-0.39, 0.29) is 12.1 Å². The van der Waals surface area contributed by atoms with Crippen LogP contribution < -0.4 is 10.6 Å². The molecular formula is C28H38ClN5O2. The molecular weight excluding hydrogens is 474 g/mol. The second-order valence-corrected chi connectivity index (χ2v) is 11.4. The van der Waals surface area contributed by atoms with Crippen LogP contribution in [0.4, 0.5) is 5.82 Å². The van der Waals surface area contributed by atoms with Gasteiger partial charge in [0.15, 0.2) is 0 Å². The quantitative estimate of drug-likeness (QED) is 0.435. The SMILES string of the molecule is CC(C)(CO)NC1CCC(Cc2cc(-c3cccc(NCC4(C#N)CCOCC4)n3)c(Cl)cn2)CC1. The molecule has 3 heterocycles. The van der Waals surface area contributed by atoms with Crippen molar-refractivity contribution in [3.63, 3.8) is 0 Å². The first kappa shape index (κ1) is 26.8. The summed E-state index contributed by atoms with van der Waals surface area (Å²) < 4.78 is 5.44. The predicted octanol–water partition coefficient (Wildman–Crippen LogP) is 4.99. The van der Waals surface area contributed by atoms with Crippen molar-refractivity contribution in [2.24, 2.45) is 11.3 Å². The highest BCUT2D eigenvalue weighted by Crippen LogP contribution is 2.33. The number of nitrogens with one attached hydrogen (secondary N) is 2. The lowest BCUT2D eigenvalue weighted by Gasteiger charge is -2.35. The van der Waals surface area contributed by atoms with E-state index in [0.29, 0.717) is 36.7 Å². The number of nitrogens with zero attached hydrogens (tertiary/aromatic N) is 3. The van der Waals surface area contributed by atoms with Gasteiger partial charge in [0, 0.05) is 48.8 Å². The van der Waals surface area contributed by atoms with Gasteiger partial charge in [-0.3, -0.25) is 4.98 Å². The molecule has 0 unspecified atom stereocenters. The average Bonchev–Trinajstić information content (AvgIpc) is 2.90. The minimum Gasteiger partial charge on any atom is -0.394 e. The summed E-state index contributed by atoms with van der Waals surface area (Å²) in [7, 11) is 0. The number of aliphatic hydroxyl groups is 1. The zero-order chi connectivity index (χ0) is 25.6. The molecule has 1 saturated carbocycles. The smallest absolute Gasteiger partial charge is 0.126 e. The lowest BCUT2D eigenvalue weighted by molar-refractivity contribution is 0.0455. The van der Waals surface area contributed by atoms with Crippen molar-refractivity contribution in [3.05, 3.63) is 41.2 Å². The number of anilines is 1. The summed E-state index contributed by atoms with van der Waals surface area (Å²) in [6, 6.07) is 10.9. The topological polar surface area (TPSA) is 103 Å². The molecule has 1 aliphatic heterocycles. The molecule has 3 N–H and O–H groups in total. The van der Waals surface area contributed by atoms with Crippen molar-refractivity contribution in [1.82, 2.24) is 15.3 Å². The van der Waals surface area contributed by atoms with Crippen molar-refractivity contribution in [2.75, 3.05) is 31.7 Å². The van der Waals surface area contributed by atoms with Crippen molar-refractivity contribution >= 4 is 17.4 Å². The van der Waals surface area contributed by atoms with Gasteiger partial charge in [0.2, 0.25) is 0 Å². The normalized spacial score (nSPS) is 22.1. The summed E-state index contributed by atoms with van der Waals surface area (Å²) in [5.41, 5.74) is 2.06. The molecule has 0 spiro atoms. The highest BCUT2D eigenvalue weighted by atomic mass is 35.5. The third kappa shape index (κ3) is 6.95. The van der Waals surface area contributed by atoms with Crippen molar-refractivity contribution in [3.8, 4) is 17.3 Å². The first-order valence-corrected chi connectivity index (χ1v) is 13.4. The highest BCUT2D eigenvalue weighted by Gasteiger charge is 2.32. The summed E-state index contributed by atoms with van der Waals surface area (Å²) in [5, 5.41) is 26.8. The summed E-state index contributed by atoms with van der Waals surface area (Å²) in [6.45, 7) is 6.02. The van der Waals surface area contributed by atoms with Gasteiger partial charge in [-0.15, -0.1) is 0 Å². The number of pyridine rings is 2. The van der Waals surface area contributed by atoms with Crippen molar-refractivity contribution in [1.29, 1.82) is 5.26 Å². The molecule has 2 aliphatic rings. The molecule has 2 aromatic rings. The van der Waals surface area contributed by atoms with Crippen LogP contribution in [0.3, 0.4) is 0 Å². The van der Waals surface area contributed by atoms with E-state index < -0.39 is 5.41 Å². The predicted molar refractivity (Wildman–Crippen MR) is 143 cm³/mol. The van der Waals surface area contributed by atoms with E-state index in [1.165, 1.54) is 0 Å². The van der Waals surface area contributed by atoms with E-state index in [2.05, 4.69) is 27.8 Å². The number of hydrogen-bond acceptors (Lipinski definition) is 7. The van der Waals surface area contributed by atoms with Crippen LogP contribution in [-0.4, -0.2) is 53.0 Å². The van der Waals surface area contributed by atoms with Gasteiger partial charge in [0.05, 0.1) is 28.8 Å². The Hall–Kier alpha value is -2.24. The van der Waals surface area contributed by atoms with Crippen LogP contribution in [0, 0.1) is 22.7 Å². The number of aliphatic hydroxyl groups excluding tert-OH is 1. The van der Waals surface area contributed by atoms with Gasteiger partial charge >= 0.3 is 0 Å². The number of nitriles is 1. The number of aromatic nitrogens is 2. The molecule has 36 heavy (non-hydrogen) atoms. The molecule has 0 amide bonds. The molecule has 2 fully saturated rings. The second kappa shape index (κ2) is 11.9. The van der Waals surface area contributed by atoms with E-state index in [9.17, 15) is 10.4 Å². The van der Waals surface area contributed by atoms with Gasteiger partial charge in [-0.25, -0.2) is 4.98 Å². The lowest BCUT2D eigenvalue weighted by atomic mass is 9.82. The second-order valence-electron chi connectivity index (χ2n) is 11.0. The Morgan fingerprint density at radius 2 is 1.97 bits per heavy atom. The first-order chi connectivity index (χ1) is 17.3. The molecule has 4 rings (SSSR count). The van der Waals surface area contributed by atoms with E-state index in [1.807, 2.05) is 32.0 Å². The van der Waals surface area contributed by atoms with Crippen LogP contribution in [-0.2, 0) is 11.2 Å².